The highest BCUT2D eigenvalue weighted by atomic mass is 19.1. The third-order valence-corrected chi connectivity index (χ3v) is 3.72. The molecule has 0 bridgehead atoms. The third-order valence-electron chi connectivity index (χ3n) is 3.72. The number of hydrogen-bond donors (Lipinski definition) is 1. The van der Waals surface area contributed by atoms with Crippen molar-refractivity contribution in [2.24, 2.45) is 0 Å². The van der Waals surface area contributed by atoms with Gasteiger partial charge in [0.1, 0.15) is 23.4 Å². The lowest BCUT2D eigenvalue weighted by atomic mass is 10.1. The molecule has 0 radical (unpaired) electrons. The molecule has 1 N–H and O–H groups in total. The lowest BCUT2D eigenvalue weighted by molar-refractivity contribution is -0.0135. The van der Waals surface area contributed by atoms with Gasteiger partial charge in [-0.25, -0.2) is 13.6 Å². The minimum absolute atomic E-state index is 0.249. The Kier molecular flexibility index (Phi) is 4.52. The van der Waals surface area contributed by atoms with Gasteiger partial charge in [-0.15, -0.1) is 0 Å². The number of ether oxygens (including phenoxy) is 1. The molecule has 0 spiro atoms. The van der Waals surface area contributed by atoms with E-state index in [-0.39, 0.29) is 6.10 Å². The van der Waals surface area contributed by atoms with Crippen molar-refractivity contribution in [2.75, 3.05) is 25.0 Å². The summed E-state index contributed by atoms with van der Waals surface area (Å²) < 4.78 is 32.9. The Hall–Kier alpha value is -2.47. The zero-order valence-electron chi connectivity index (χ0n) is 12.3. The summed E-state index contributed by atoms with van der Waals surface area (Å²) in [5.74, 6) is -1.60. The number of nitrogens with zero attached hydrogens (tertiary/aromatic N) is 1. The molecule has 1 aliphatic heterocycles. The van der Waals surface area contributed by atoms with E-state index < -0.39 is 23.4 Å². The summed E-state index contributed by atoms with van der Waals surface area (Å²) >= 11 is 0. The number of morpholine rings is 1. The van der Waals surface area contributed by atoms with Crippen molar-refractivity contribution >= 4 is 11.7 Å². The Bertz CT molecular complexity index is 674. The second-order valence-corrected chi connectivity index (χ2v) is 5.24. The summed E-state index contributed by atoms with van der Waals surface area (Å²) in [5.41, 5.74) is 0.530. The lowest BCUT2D eigenvalue weighted by Gasteiger charge is -2.33. The van der Waals surface area contributed by atoms with E-state index in [1.807, 2.05) is 30.3 Å². The van der Waals surface area contributed by atoms with E-state index in [1.54, 1.807) is 0 Å². The van der Waals surface area contributed by atoms with E-state index in [4.69, 9.17) is 4.74 Å². The molecule has 120 valence electrons. The average Bonchev–Trinajstić information content (AvgIpc) is 2.59. The van der Waals surface area contributed by atoms with Crippen LogP contribution < -0.4 is 5.32 Å². The highest BCUT2D eigenvalue weighted by Gasteiger charge is 2.26. The zero-order chi connectivity index (χ0) is 16.2. The third kappa shape index (κ3) is 3.48. The maximum atomic E-state index is 13.6. The van der Waals surface area contributed by atoms with Crippen LogP contribution in [0.4, 0.5) is 19.3 Å². The molecule has 1 heterocycles. The molecule has 0 aromatic heterocycles. The molecule has 3 rings (SSSR count). The van der Waals surface area contributed by atoms with Crippen LogP contribution in [0.25, 0.3) is 0 Å². The normalized spacial score (nSPS) is 17.8. The molecule has 6 heteroatoms. The summed E-state index contributed by atoms with van der Waals surface area (Å²) in [7, 11) is 0. The van der Waals surface area contributed by atoms with Crippen LogP contribution in [0.5, 0.6) is 0 Å². The van der Waals surface area contributed by atoms with Gasteiger partial charge in [-0.2, -0.15) is 0 Å². The predicted octanol–water partition coefficient (Wildman–Crippen LogP) is 3.57. The molecule has 1 saturated heterocycles. The molecule has 1 fully saturated rings. The number of benzene rings is 2. The van der Waals surface area contributed by atoms with E-state index in [0.29, 0.717) is 19.7 Å². The molecule has 23 heavy (non-hydrogen) atoms. The first kappa shape index (κ1) is 15.4. The van der Waals surface area contributed by atoms with Crippen LogP contribution in [0, 0.1) is 11.6 Å². The van der Waals surface area contributed by atoms with Crippen molar-refractivity contribution in [2.45, 2.75) is 6.10 Å². The van der Waals surface area contributed by atoms with Crippen molar-refractivity contribution in [3.05, 3.63) is 65.7 Å². The number of carbonyl (C=O) groups is 1. The van der Waals surface area contributed by atoms with Crippen molar-refractivity contribution < 1.29 is 18.3 Å². The summed E-state index contributed by atoms with van der Waals surface area (Å²) in [4.78, 5) is 13.8. The van der Waals surface area contributed by atoms with Crippen LogP contribution >= 0.6 is 0 Å². The molecular weight excluding hydrogens is 302 g/mol. The number of halogens is 2. The van der Waals surface area contributed by atoms with Gasteiger partial charge in [-0.1, -0.05) is 36.4 Å². The maximum Gasteiger partial charge on any atom is 0.322 e. The number of urea groups is 1. The number of carbonyl (C=O) groups excluding carboxylic acids is 1. The van der Waals surface area contributed by atoms with Crippen molar-refractivity contribution in [1.82, 2.24) is 4.90 Å². The summed E-state index contributed by atoms with van der Waals surface area (Å²) in [6.07, 6.45) is -0.249. The molecule has 2 aromatic carbocycles. The Labute approximate surface area is 132 Å². The molecule has 1 unspecified atom stereocenters. The van der Waals surface area contributed by atoms with Crippen LogP contribution in [-0.4, -0.2) is 30.6 Å². The monoisotopic (exact) mass is 318 g/mol. The maximum absolute atomic E-state index is 13.6. The SMILES string of the molecule is O=C(Nc1c(F)cccc1F)N1CCOC(c2ccccc2)C1. The molecule has 4 nitrogen and oxygen atoms in total. The van der Waals surface area contributed by atoms with E-state index in [1.165, 1.54) is 11.0 Å². The predicted molar refractivity (Wildman–Crippen MR) is 82.1 cm³/mol. The van der Waals surface area contributed by atoms with Crippen molar-refractivity contribution in [1.29, 1.82) is 0 Å². The first-order chi connectivity index (χ1) is 11.1. The smallest absolute Gasteiger partial charge is 0.322 e. The van der Waals surface area contributed by atoms with Gasteiger partial charge < -0.3 is 15.0 Å². The Morgan fingerprint density at radius 3 is 2.48 bits per heavy atom. The molecule has 2 amide bonds. The highest BCUT2D eigenvalue weighted by molar-refractivity contribution is 5.89. The summed E-state index contributed by atoms with van der Waals surface area (Å²) in [6, 6.07) is 12.4. The van der Waals surface area contributed by atoms with E-state index in [2.05, 4.69) is 5.32 Å². The number of para-hydroxylation sites is 1. The first-order valence-electron chi connectivity index (χ1n) is 7.31. The quantitative estimate of drug-likeness (QED) is 0.920. The van der Waals surface area contributed by atoms with Crippen LogP contribution in [0.3, 0.4) is 0 Å². The minimum Gasteiger partial charge on any atom is -0.370 e. The highest BCUT2D eigenvalue weighted by Crippen LogP contribution is 2.23. The molecule has 0 aliphatic carbocycles. The second-order valence-electron chi connectivity index (χ2n) is 5.24. The number of rotatable bonds is 2. The van der Waals surface area contributed by atoms with Gasteiger partial charge in [0, 0.05) is 6.54 Å². The van der Waals surface area contributed by atoms with E-state index >= 15 is 0 Å². The lowest BCUT2D eigenvalue weighted by Crippen LogP contribution is -2.44. The fourth-order valence-corrected chi connectivity index (χ4v) is 2.51. The number of amides is 2. The summed E-state index contributed by atoms with van der Waals surface area (Å²) in [6.45, 7) is 1.06. The van der Waals surface area contributed by atoms with Gasteiger partial charge in [-0.05, 0) is 17.7 Å². The second kappa shape index (κ2) is 6.75. The van der Waals surface area contributed by atoms with Gasteiger partial charge in [0.2, 0.25) is 0 Å². The van der Waals surface area contributed by atoms with Gasteiger partial charge >= 0.3 is 6.03 Å². The van der Waals surface area contributed by atoms with Gasteiger partial charge in [-0.3, -0.25) is 0 Å². The van der Waals surface area contributed by atoms with Crippen LogP contribution in [0.15, 0.2) is 48.5 Å². The molecule has 1 atom stereocenters. The average molecular weight is 318 g/mol. The number of hydrogen-bond acceptors (Lipinski definition) is 2. The Morgan fingerprint density at radius 2 is 1.78 bits per heavy atom. The molecule has 0 saturated carbocycles. The number of nitrogens with one attached hydrogen (secondary N) is 1. The van der Waals surface area contributed by atoms with Gasteiger partial charge in [0.25, 0.3) is 0 Å². The molecule has 2 aromatic rings. The molecular formula is C17H16F2N2O2. The Balaban J connectivity index is 1.70. The number of anilines is 1. The van der Waals surface area contributed by atoms with E-state index in [9.17, 15) is 13.6 Å². The topological polar surface area (TPSA) is 41.6 Å². The fraction of sp³-hybridized carbons (Fsp3) is 0.235. The van der Waals surface area contributed by atoms with Crippen molar-refractivity contribution in [3.8, 4) is 0 Å². The fourth-order valence-electron chi connectivity index (χ4n) is 2.51. The van der Waals surface area contributed by atoms with Gasteiger partial charge in [0.15, 0.2) is 0 Å². The molecule has 1 aliphatic rings. The largest absolute Gasteiger partial charge is 0.370 e. The standard InChI is InChI=1S/C17H16F2N2O2/c18-13-7-4-8-14(19)16(13)20-17(22)21-9-10-23-15(11-21)12-5-2-1-3-6-12/h1-8,15H,9-11H2,(H,20,22). The minimum atomic E-state index is -0.800. The Morgan fingerprint density at radius 1 is 1.09 bits per heavy atom. The summed E-state index contributed by atoms with van der Waals surface area (Å²) in [5, 5.41) is 2.30. The van der Waals surface area contributed by atoms with Crippen molar-refractivity contribution in [3.63, 3.8) is 0 Å². The van der Waals surface area contributed by atoms with Gasteiger partial charge in [0.05, 0.1) is 13.2 Å². The van der Waals surface area contributed by atoms with Crippen LogP contribution in [0.2, 0.25) is 0 Å². The van der Waals surface area contributed by atoms with Crippen LogP contribution in [0.1, 0.15) is 11.7 Å². The zero-order valence-corrected chi connectivity index (χ0v) is 12.3. The van der Waals surface area contributed by atoms with Crippen LogP contribution in [-0.2, 0) is 4.74 Å². The first-order valence-corrected chi connectivity index (χ1v) is 7.31. The van der Waals surface area contributed by atoms with E-state index in [0.717, 1.165) is 17.7 Å².